The molecule has 0 radical (unpaired) electrons. The fourth-order valence-electron chi connectivity index (χ4n) is 3.29. The first-order valence-electron chi connectivity index (χ1n) is 7.90. The van der Waals surface area contributed by atoms with Crippen LogP contribution in [-0.2, 0) is 16.0 Å². The molecule has 5 heteroatoms. The quantitative estimate of drug-likeness (QED) is 0.808. The summed E-state index contributed by atoms with van der Waals surface area (Å²) in [4.78, 5) is 2.57. The standard InChI is InChI=1S/C16H27N3OS/c1-15(19-11-14(10-17-19)12-21-3)6-8-18(9-7-15)13-16(20-2)4-5-16/h10-11H,4-9,12-13H2,1-3H3. The summed E-state index contributed by atoms with van der Waals surface area (Å²) < 4.78 is 7.86. The smallest absolute Gasteiger partial charge is 0.0807 e. The lowest BCUT2D eigenvalue weighted by atomic mass is 9.89. The van der Waals surface area contributed by atoms with E-state index in [2.05, 4.69) is 34.1 Å². The lowest BCUT2D eigenvalue weighted by Crippen LogP contribution is -2.47. The number of likely N-dealkylation sites (tertiary alicyclic amines) is 1. The molecule has 0 unspecified atom stereocenters. The number of hydrogen-bond donors (Lipinski definition) is 0. The number of methoxy groups -OCH3 is 1. The highest BCUT2D eigenvalue weighted by molar-refractivity contribution is 7.97. The molecule has 1 aliphatic carbocycles. The summed E-state index contributed by atoms with van der Waals surface area (Å²) in [5, 5.41) is 4.62. The minimum Gasteiger partial charge on any atom is -0.377 e. The van der Waals surface area contributed by atoms with Crippen LogP contribution in [0, 0.1) is 0 Å². The van der Waals surface area contributed by atoms with Crippen molar-refractivity contribution in [1.29, 1.82) is 0 Å². The van der Waals surface area contributed by atoms with E-state index in [-0.39, 0.29) is 11.1 Å². The zero-order valence-corrected chi connectivity index (χ0v) is 14.3. The van der Waals surface area contributed by atoms with Crippen molar-refractivity contribution >= 4 is 11.8 Å². The van der Waals surface area contributed by atoms with Gasteiger partial charge in [0.15, 0.2) is 0 Å². The Morgan fingerprint density at radius 2 is 2.00 bits per heavy atom. The van der Waals surface area contributed by atoms with E-state index >= 15 is 0 Å². The molecule has 2 heterocycles. The van der Waals surface area contributed by atoms with Crippen LogP contribution in [0.15, 0.2) is 12.4 Å². The number of thioether (sulfide) groups is 1. The molecule has 1 aromatic rings. The van der Waals surface area contributed by atoms with E-state index in [1.54, 1.807) is 0 Å². The number of ether oxygens (including phenoxy) is 1. The monoisotopic (exact) mass is 309 g/mol. The van der Waals surface area contributed by atoms with Crippen LogP contribution in [0.2, 0.25) is 0 Å². The van der Waals surface area contributed by atoms with E-state index in [9.17, 15) is 0 Å². The second-order valence-corrected chi connectivity index (χ2v) is 7.75. The van der Waals surface area contributed by atoms with Gasteiger partial charge in [0, 0.05) is 38.7 Å². The first-order chi connectivity index (χ1) is 10.1. The Morgan fingerprint density at radius 1 is 1.29 bits per heavy atom. The molecule has 1 aromatic heterocycles. The van der Waals surface area contributed by atoms with Crippen LogP contribution in [0.5, 0.6) is 0 Å². The molecule has 1 saturated carbocycles. The third-order valence-electron chi connectivity index (χ3n) is 5.19. The van der Waals surface area contributed by atoms with Crippen LogP contribution in [0.3, 0.4) is 0 Å². The highest BCUT2D eigenvalue weighted by Crippen LogP contribution is 2.41. The Morgan fingerprint density at radius 3 is 2.57 bits per heavy atom. The molecule has 0 atom stereocenters. The van der Waals surface area contributed by atoms with Crippen LogP contribution in [0.25, 0.3) is 0 Å². The van der Waals surface area contributed by atoms with Crippen LogP contribution in [0.1, 0.15) is 38.2 Å². The van der Waals surface area contributed by atoms with E-state index in [0.29, 0.717) is 0 Å². The van der Waals surface area contributed by atoms with Crippen LogP contribution in [0.4, 0.5) is 0 Å². The molecule has 21 heavy (non-hydrogen) atoms. The van der Waals surface area contributed by atoms with Crippen molar-refractivity contribution < 1.29 is 4.74 Å². The minimum absolute atomic E-state index is 0.178. The lowest BCUT2D eigenvalue weighted by Gasteiger charge is -2.40. The summed E-state index contributed by atoms with van der Waals surface area (Å²) in [6, 6.07) is 0. The van der Waals surface area contributed by atoms with Crippen LogP contribution < -0.4 is 0 Å². The Labute approximate surface area is 132 Å². The predicted molar refractivity (Wildman–Crippen MR) is 87.7 cm³/mol. The van der Waals surface area contributed by atoms with Crippen molar-refractivity contribution in [3.05, 3.63) is 18.0 Å². The van der Waals surface area contributed by atoms with E-state index in [4.69, 9.17) is 4.74 Å². The first-order valence-corrected chi connectivity index (χ1v) is 9.29. The molecule has 1 aliphatic heterocycles. The molecule has 2 aliphatic rings. The molecule has 0 spiro atoms. The van der Waals surface area contributed by atoms with Crippen molar-refractivity contribution in [2.45, 2.75) is 49.5 Å². The van der Waals surface area contributed by atoms with E-state index < -0.39 is 0 Å². The average molecular weight is 309 g/mol. The largest absolute Gasteiger partial charge is 0.377 e. The van der Waals surface area contributed by atoms with Gasteiger partial charge in [-0.25, -0.2) is 0 Å². The molecule has 2 fully saturated rings. The molecular weight excluding hydrogens is 282 g/mol. The summed E-state index contributed by atoms with van der Waals surface area (Å²) in [5.41, 5.74) is 1.70. The van der Waals surface area contributed by atoms with Crippen molar-refractivity contribution in [2.24, 2.45) is 0 Å². The third-order valence-corrected chi connectivity index (χ3v) is 5.81. The van der Waals surface area contributed by atoms with Crippen molar-refractivity contribution in [1.82, 2.24) is 14.7 Å². The Kier molecular flexibility index (Phi) is 4.35. The maximum absolute atomic E-state index is 5.66. The lowest BCUT2D eigenvalue weighted by molar-refractivity contribution is 0.0214. The molecule has 4 nitrogen and oxygen atoms in total. The topological polar surface area (TPSA) is 30.3 Å². The molecule has 1 saturated heterocycles. The maximum atomic E-state index is 5.66. The van der Waals surface area contributed by atoms with Gasteiger partial charge in [0.2, 0.25) is 0 Å². The Bertz CT molecular complexity index is 476. The van der Waals surface area contributed by atoms with Gasteiger partial charge >= 0.3 is 0 Å². The molecule has 3 rings (SSSR count). The highest BCUT2D eigenvalue weighted by atomic mass is 32.2. The van der Waals surface area contributed by atoms with Gasteiger partial charge in [0.25, 0.3) is 0 Å². The molecule has 0 aromatic carbocycles. The van der Waals surface area contributed by atoms with Gasteiger partial charge in [-0.1, -0.05) is 0 Å². The number of aromatic nitrogens is 2. The van der Waals surface area contributed by atoms with Gasteiger partial charge in [-0.15, -0.1) is 0 Å². The van der Waals surface area contributed by atoms with Crippen LogP contribution >= 0.6 is 11.8 Å². The summed E-state index contributed by atoms with van der Waals surface area (Å²) in [6.45, 7) is 5.76. The van der Waals surface area contributed by atoms with Gasteiger partial charge in [-0.2, -0.15) is 16.9 Å². The van der Waals surface area contributed by atoms with Crippen LogP contribution in [-0.4, -0.2) is 53.3 Å². The van der Waals surface area contributed by atoms with E-state index in [1.165, 1.54) is 31.2 Å². The number of piperidine rings is 1. The Balaban J connectivity index is 1.58. The summed E-state index contributed by atoms with van der Waals surface area (Å²) >= 11 is 1.85. The second kappa shape index (κ2) is 5.94. The third kappa shape index (κ3) is 3.30. The molecule has 0 amide bonds. The number of nitrogens with zero attached hydrogens (tertiary/aromatic N) is 3. The van der Waals surface area contributed by atoms with Gasteiger partial charge in [0.05, 0.1) is 17.3 Å². The highest BCUT2D eigenvalue weighted by Gasteiger charge is 2.45. The fourth-order valence-corrected chi connectivity index (χ4v) is 3.77. The molecular formula is C16H27N3OS. The average Bonchev–Trinajstić information content (AvgIpc) is 3.10. The van der Waals surface area contributed by atoms with E-state index in [1.807, 2.05) is 25.1 Å². The maximum Gasteiger partial charge on any atom is 0.0807 e. The van der Waals surface area contributed by atoms with Crippen molar-refractivity contribution in [2.75, 3.05) is 33.0 Å². The molecule has 118 valence electrons. The van der Waals surface area contributed by atoms with Gasteiger partial charge < -0.3 is 9.64 Å². The summed E-state index contributed by atoms with van der Waals surface area (Å²) in [7, 11) is 1.86. The van der Waals surface area contributed by atoms with Gasteiger partial charge in [-0.3, -0.25) is 4.68 Å². The molecule has 0 N–H and O–H groups in total. The Hall–Kier alpha value is -0.520. The normalized spacial score (nSPS) is 24.1. The van der Waals surface area contributed by atoms with Gasteiger partial charge in [0.1, 0.15) is 0 Å². The van der Waals surface area contributed by atoms with Crippen molar-refractivity contribution in [3.63, 3.8) is 0 Å². The molecule has 0 bridgehead atoms. The first kappa shape index (κ1) is 15.4. The summed E-state index contributed by atoms with van der Waals surface area (Å²) in [6.07, 6.45) is 11.2. The van der Waals surface area contributed by atoms with Crippen molar-refractivity contribution in [3.8, 4) is 0 Å². The summed E-state index contributed by atoms with van der Waals surface area (Å²) in [5.74, 6) is 1.05. The predicted octanol–water partition coefficient (Wildman–Crippen LogP) is 2.74. The van der Waals surface area contributed by atoms with Gasteiger partial charge in [-0.05, 0) is 44.4 Å². The zero-order valence-electron chi connectivity index (χ0n) is 13.5. The second-order valence-electron chi connectivity index (χ2n) is 6.89. The zero-order chi connectivity index (χ0) is 14.9. The SMILES string of the molecule is COC1(CN2CCC(C)(n3cc(CSC)cn3)CC2)CC1. The number of hydrogen-bond acceptors (Lipinski definition) is 4. The fraction of sp³-hybridized carbons (Fsp3) is 0.812. The number of rotatable bonds is 6. The minimum atomic E-state index is 0.178. The van der Waals surface area contributed by atoms with E-state index in [0.717, 1.165) is 25.4 Å².